The van der Waals surface area contributed by atoms with E-state index in [0.717, 1.165) is 62.3 Å². The maximum atomic E-state index is 12.7. The minimum Gasteiger partial charge on any atom is -0.497 e. The van der Waals surface area contributed by atoms with Gasteiger partial charge in [-0.3, -0.25) is 14.3 Å². The summed E-state index contributed by atoms with van der Waals surface area (Å²) in [4.78, 5) is 21.5. The second-order valence-electron chi connectivity index (χ2n) is 7.39. The summed E-state index contributed by atoms with van der Waals surface area (Å²) in [5, 5.41) is 0.809. The van der Waals surface area contributed by atoms with Crippen molar-refractivity contribution in [1.82, 2.24) is 19.4 Å². The van der Waals surface area contributed by atoms with E-state index in [2.05, 4.69) is 9.88 Å². The summed E-state index contributed by atoms with van der Waals surface area (Å²) in [5.74, 6) is 1.36. The van der Waals surface area contributed by atoms with Crippen LogP contribution in [0.1, 0.15) is 12.8 Å². The molecule has 2 aromatic rings. The van der Waals surface area contributed by atoms with Gasteiger partial charge in [0.15, 0.2) is 5.16 Å². The van der Waals surface area contributed by atoms with Gasteiger partial charge in [0.25, 0.3) is 0 Å². The van der Waals surface area contributed by atoms with Gasteiger partial charge in [-0.15, -0.1) is 0 Å². The highest BCUT2D eigenvalue weighted by Gasteiger charge is 2.25. The van der Waals surface area contributed by atoms with Crippen LogP contribution in [0, 0.1) is 0 Å². The molecule has 0 radical (unpaired) electrons. The summed E-state index contributed by atoms with van der Waals surface area (Å²) < 4.78 is 13.0. The fourth-order valence-electron chi connectivity index (χ4n) is 3.83. The zero-order valence-corrected chi connectivity index (χ0v) is 17.6. The summed E-state index contributed by atoms with van der Waals surface area (Å²) in [6.07, 6.45) is 6.38. The number of amides is 1. The minimum absolute atomic E-state index is 0.173. The number of nitrogens with zero attached hydrogens (tertiary/aromatic N) is 4. The third-order valence-electron chi connectivity index (χ3n) is 5.47. The van der Waals surface area contributed by atoms with E-state index in [-0.39, 0.29) is 5.91 Å². The van der Waals surface area contributed by atoms with Crippen LogP contribution in [0.2, 0.25) is 0 Å². The first-order chi connectivity index (χ1) is 14.2. The predicted molar refractivity (Wildman–Crippen MR) is 113 cm³/mol. The second kappa shape index (κ2) is 9.65. The minimum atomic E-state index is 0.173. The second-order valence-corrected chi connectivity index (χ2v) is 8.33. The number of methoxy groups -OCH3 is 1. The number of imidazole rings is 1. The first kappa shape index (κ1) is 20.3. The maximum absolute atomic E-state index is 12.7. The van der Waals surface area contributed by atoms with Crippen molar-refractivity contribution in [3.05, 3.63) is 36.7 Å². The molecule has 156 valence electrons. The van der Waals surface area contributed by atoms with Gasteiger partial charge in [-0.2, -0.15) is 0 Å². The van der Waals surface area contributed by atoms with Gasteiger partial charge in [0.05, 0.1) is 24.7 Å². The third kappa shape index (κ3) is 5.12. The fraction of sp³-hybridized carbons (Fsp3) is 0.524. The van der Waals surface area contributed by atoms with Crippen LogP contribution in [0.3, 0.4) is 0 Å². The lowest BCUT2D eigenvalue weighted by Crippen LogP contribution is -2.50. The molecule has 0 bridgehead atoms. The SMILES string of the molecule is COc1cccc(-n2ccnc2SCC(=O)N2CCN(CC3CCCO3)CC2)c1. The standard InChI is InChI=1S/C21H28N4O3S/c1-27-18-5-2-4-17(14-18)25-8-7-22-21(25)29-16-20(26)24-11-9-23(10-12-24)15-19-6-3-13-28-19/h2,4-5,7-8,14,19H,3,6,9-13,15-16H2,1H3. The Morgan fingerprint density at radius 2 is 2.17 bits per heavy atom. The van der Waals surface area contributed by atoms with Crippen LogP contribution in [0.5, 0.6) is 5.75 Å². The van der Waals surface area contributed by atoms with Crippen LogP contribution < -0.4 is 4.74 Å². The third-order valence-corrected chi connectivity index (χ3v) is 6.43. The number of carbonyl (C=O) groups is 1. The number of benzene rings is 1. The number of rotatable bonds is 7. The van der Waals surface area contributed by atoms with E-state index in [1.807, 2.05) is 39.9 Å². The summed E-state index contributed by atoms with van der Waals surface area (Å²) >= 11 is 1.48. The van der Waals surface area contributed by atoms with Crippen LogP contribution in [-0.4, -0.2) is 83.6 Å². The van der Waals surface area contributed by atoms with E-state index in [1.54, 1.807) is 13.3 Å². The van der Waals surface area contributed by atoms with Gasteiger partial charge in [0.2, 0.25) is 5.91 Å². The zero-order valence-electron chi connectivity index (χ0n) is 16.8. The Hall–Kier alpha value is -2.03. The molecule has 0 spiro atoms. The average molecular weight is 417 g/mol. The summed E-state index contributed by atoms with van der Waals surface area (Å²) in [5.41, 5.74) is 0.972. The van der Waals surface area contributed by atoms with Gasteiger partial charge in [-0.05, 0) is 25.0 Å². The van der Waals surface area contributed by atoms with Crippen molar-refractivity contribution in [3.63, 3.8) is 0 Å². The molecule has 2 aliphatic rings. The molecule has 3 heterocycles. The number of thioether (sulfide) groups is 1. The van der Waals surface area contributed by atoms with Gasteiger partial charge < -0.3 is 14.4 Å². The number of hydrogen-bond donors (Lipinski definition) is 0. The molecule has 0 aliphatic carbocycles. The Bertz CT molecular complexity index is 814. The topological polar surface area (TPSA) is 59.8 Å². The van der Waals surface area contributed by atoms with Crippen LogP contribution in [0.4, 0.5) is 0 Å². The van der Waals surface area contributed by atoms with Gasteiger partial charge in [0.1, 0.15) is 5.75 Å². The molecule has 1 aromatic heterocycles. The normalized spacial score (nSPS) is 20.2. The van der Waals surface area contributed by atoms with Gasteiger partial charge in [-0.1, -0.05) is 17.8 Å². The maximum Gasteiger partial charge on any atom is 0.233 e. The zero-order chi connectivity index (χ0) is 20.1. The van der Waals surface area contributed by atoms with Crippen molar-refractivity contribution in [1.29, 1.82) is 0 Å². The molecule has 2 fully saturated rings. The molecule has 2 saturated heterocycles. The van der Waals surface area contributed by atoms with E-state index >= 15 is 0 Å². The van der Waals surface area contributed by atoms with E-state index in [9.17, 15) is 4.79 Å². The number of piperazine rings is 1. The molecule has 1 atom stereocenters. The number of ether oxygens (including phenoxy) is 2. The van der Waals surface area contributed by atoms with Crippen LogP contribution >= 0.6 is 11.8 Å². The van der Waals surface area contributed by atoms with E-state index in [1.165, 1.54) is 18.2 Å². The summed E-state index contributed by atoms with van der Waals surface area (Å²) in [6.45, 7) is 5.32. The quantitative estimate of drug-likeness (QED) is 0.646. The van der Waals surface area contributed by atoms with Crippen molar-refractivity contribution >= 4 is 17.7 Å². The van der Waals surface area contributed by atoms with Crippen molar-refractivity contribution in [2.24, 2.45) is 0 Å². The molecular formula is C21H28N4O3S. The van der Waals surface area contributed by atoms with Crippen molar-refractivity contribution in [3.8, 4) is 11.4 Å². The highest BCUT2D eigenvalue weighted by atomic mass is 32.2. The number of hydrogen-bond acceptors (Lipinski definition) is 6. The largest absolute Gasteiger partial charge is 0.497 e. The van der Waals surface area contributed by atoms with Crippen LogP contribution in [0.15, 0.2) is 41.8 Å². The van der Waals surface area contributed by atoms with Crippen molar-refractivity contribution in [2.75, 3.05) is 52.2 Å². The first-order valence-corrected chi connectivity index (χ1v) is 11.1. The van der Waals surface area contributed by atoms with Gasteiger partial charge >= 0.3 is 0 Å². The first-order valence-electron chi connectivity index (χ1n) is 10.2. The lowest BCUT2D eigenvalue weighted by Gasteiger charge is -2.35. The average Bonchev–Trinajstić information content (AvgIpc) is 3.44. The fourth-order valence-corrected chi connectivity index (χ4v) is 4.70. The molecule has 1 aromatic carbocycles. The molecule has 1 amide bonds. The Morgan fingerprint density at radius 3 is 2.93 bits per heavy atom. The Kier molecular flexibility index (Phi) is 6.74. The van der Waals surface area contributed by atoms with Crippen LogP contribution in [0.25, 0.3) is 5.69 Å². The molecule has 7 nitrogen and oxygen atoms in total. The number of aromatic nitrogens is 2. The smallest absolute Gasteiger partial charge is 0.233 e. The summed E-state index contributed by atoms with van der Waals surface area (Å²) in [7, 11) is 1.65. The monoisotopic (exact) mass is 416 g/mol. The Morgan fingerprint density at radius 1 is 1.31 bits per heavy atom. The predicted octanol–water partition coefficient (Wildman–Crippen LogP) is 2.30. The molecule has 2 aliphatic heterocycles. The van der Waals surface area contributed by atoms with E-state index in [0.29, 0.717) is 11.9 Å². The van der Waals surface area contributed by atoms with Gasteiger partial charge in [-0.25, -0.2) is 4.98 Å². The summed E-state index contributed by atoms with van der Waals surface area (Å²) in [6, 6.07) is 7.82. The van der Waals surface area contributed by atoms with E-state index < -0.39 is 0 Å². The highest BCUT2D eigenvalue weighted by Crippen LogP contribution is 2.23. The molecule has 1 unspecified atom stereocenters. The number of carbonyl (C=O) groups excluding carboxylic acids is 1. The Labute approximate surface area is 176 Å². The highest BCUT2D eigenvalue weighted by molar-refractivity contribution is 7.99. The molecular weight excluding hydrogens is 388 g/mol. The molecule has 29 heavy (non-hydrogen) atoms. The molecule has 0 N–H and O–H groups in total. The lowest BCUT2D eigenvalue weighted by molar-refractivity contribution is -0.130. The molecule has 0 saturated carbocycles. The lowest BCUT2D eigenvalue weighted by atomic mass is 10.2. The van der Waals surface area contributed by atoms with Crippen molar-refractivity contribution < 1.29 is 14.3 Å². The van der Waals surface area contributed by atoms with Gasteiger partial charge in [0, 0.05) is 57.8 Å². The van der Waals surface area contributed by atoms with E-state index in [4.69, 9.17) is 9.47 Å². The molecule has 4 rings (SSSR count). The Balaban J connectivity index is 1.28. The molecule has 8 heteroatoms. The van der Waals surface area contributed by atoms with Crippen LogP contribution in [-0.2, 0) is 9.53 Å². The van der Waals surface area contributed by atoms with Crippen molar-refractivity contribution in [2.45, 2.75) is 24.1 Å².